The maximum absolute atomic E-state index is 14.1. The Labute approximate surface area is 182 Å². The molecule has 0 saturated heterocycles. The van der Waals surface area contributed by atoms with Crippen LogP contribution < -0.4 is 0 Å². The van der Waals surface area contributed by atoms with Crippen LogP contribution in [0.25, 0.3) is 33.4 Å². The molecule has 0 aliphatic rings. The molecule has 0 saturated carbocycles. The Bertz CT molecular complexity index is 1370. The molecule has 0 spiro atoms. The standard InChI is InChI=1S/C25H18ClF2N3/c1-15(16-7-9-18(26)10-8-16)31-14-30-24(17-5-3-2-4-6-17)25(31)20-13-29-23-12-22(28)21(27)11-19(20)23/h2-15,29H,1H3/t15-/m1/s1. The quantitative estimate of drug-likeness (QED) is 0.318. The zero-order chi connectivity index (χ0) is 21.5. The molecule has 1 N–H and O–H groups in total. The second-order valence-corrected chi connectivity index (χ2v) is 7.89. The summed E-state index contributed by atoms with van der Waals surface area (Å²) in [5, 5.41) is 1.27. The average molecular weight is 434 g/mol. The number of halogens is 3. The van der Waals surface area contributed by atoms with Crippen molar-refractivity contribution in [3.8, 4) is 22.5 Å². The number of aromatic amines is 1. The fourth-order valence-corrected chi connectivity index (χ4v) is 4.07. The van der Waals surface area contributed by atoms with Crippen LogP contribution in [-0.4, -0.2) is 14.5 Å². The van der Waals surface area contributed by atoms with E-state index in [0.717, 1.165) is 28.1 Å². The molecule has 2 aromatic heterocycles. The van der Waals surface area contributed by atoms with Gasteiger partial charge in [-0.15, -0.1) is 0 Å². The molecule has 0 radical (unpaired) electrons. The second kappa shape index (κ2) is 7.67. The third kappa shape index (κ3) is 3.41. The van der Waals surface area contributed by atoms with Crippen LogP contribution in [0.3, 0.4) is 0 Å². The highest BCUT2D eigenvalue weighted by molar-refractivity contribution is 6.30. The SMILES string of the molecule is C[C@H](c1ccc(Cl)cc1)n1cnc(-c2ccccc2)c1-c1c[nH]c2cc(F)c(F)cc12. The van der Waals surface area contributed by atoms with Crippen molar-refractivity contribution in [1.82, 2.24) is 14.5 Å². The Morgan fingerprint density at radius 3 is 2.42 bits per heavy atom. The van der Waals surface area contributed by atoms with Gasteiger partial charge >= 0.3 is 0 Å². The van der Waals surface area contributed by atoms with Crippen molar-refractivity contribution < 1.29 is 8.78 Å². The first-order chi connectivity index (χ1) is 15.0. The lowest BCUT2D eigenvalue weighted by molar-refractivity contribution is 0.511. The fraction of sp³-hybridized carbons (Fsp3) is 0.0800. The van der Waals surface area contributed by atoms with Crippen LogP contribution in [0, 0.1) is 11.6 Å². The fourth-order valence-electron chi connectivity index (χ4n) is 3.94. The van der Waals surface area contributed by atoms with Gasteiger partial charge < -0.3 is 9.55 Å². The molecule has 0 bridgehead atoms. The Hall–Kier alpha value is -3.44. The van der Waals surface area contributed by atoms with Gasteiger partial charge in [-0.1, -0.05) is 54.1 Å². The predicted molar refractivity (Wildman–Crippen MR) is 120 cm³/mol. The van der Waals surface area contributed by atoms with Gasteiger partial charge in [0.05, 0.1) is 23.8 Å². The van der Waals surface area contributed by atoms with Gasteiger partial charge in [0.2, 0.25) is 0 Å². The molecule has 0 aliphatic heterocycles. The van der Waals surface area contributed by atoms with Crippen molar-refractivity contribution in [2.75, 3.05) is 0 Å². The highest BCUT2D eigenvalue weighted by Gasteiger charge is 2.22. The average Bonchev–Trinajstić information content (AvgIpc) is 3.38. The van der Waals surface area contributed by atoms with Crippen molar-refractivity contribution in [2.45, 2.75) is 13.0 Å². The monoisotopic (exact) mass is 433 g/mol. The van der Waals surface area contributed by atoms with Gasteiger partial charge in [-0.05, 0) is 30.7 Å². The van der Waals surface area contributed by atoms with E-state index in [9.17, 15) is 8.78 Å². The number of aromatic nitrogens is 3. The molecule has 5 rings (SSSR count). The van der Waals surface area contributed by atoms with Crippen LogP contribution in [0.15, 0.2) is 79.3 Å². The molecule has 6 heteroatoms. The van der Waals surface area contributed by atoms with E-state index in [1.54, 1.807) is 12.5 Å². The number of fused-ring (bicyclic) bond motifs is 1. The minimum atomic E-state index is -0.883. The molecule has 0 unspecified atom stereocenters. The third-order valence-corrected chi connectivity index (χ3v) is 5.84. The number of hydrogen-bond acceptors (Lipinski definition) is 1. The minimum absolute atomic E-state index is 0.0625. The van der Waals surface area contributed by atoms with Crippen LogP contribution >= 0.6 is 11.6 Å². The van der Waals surface area contributed by atoms with Gasteiger partial charge in [-0.3, -0.25) is 0 Å². The van der Waals surface area contributed by atoms with Crippen LogP contribution in [0.1, 0.15) is 18.5 Å². The Balaban J connectivity index is 1.75. The third-order valence-electron chi connectivity index (χ3n) is 5.59. The molecule has 3 nitrogen and oxygen atoms in total. The summed E-state index contributed by atoms with van der Waals surface area (Å²) < 4.78 is 29.9. The Morgan fingerprint density at radius 2 is 1.68 bits per heavy atom. The summed E-state index contributed by atoms with van der Waals surface area (Å²) >= 11 is 6.06. The molecule has 3 aromatic carbocycles. The first kappa shape index (κ1) is 19.5. The molecule has 2 heterocycles. The van der Waals surface area contributed by atoms with E-state index in [-0.39, 0.29) is 6.04 Å². The molecule has 31 heavy (non-hydrogen) atoms. The van der Waals surface area contributed by atoms with E-state index < -0.39 is 11.6 Å². The van der Waals surface area contributed by atoms with Gasteiger partial charge in [0.1, 0.15) is 0 Å². The van der Waals surface area contributed by atoms with E-state index in [2.05, 4.69) is 16.5 Å². The molecule has 0 fully saturated rings. The Morgan fingerprint density at radius 1 is 0.968 bits per heavy atom. The van der Waals surface area contributed by atoms with Gasteiger partial charge in [-0.2, -0.15) is 0 Å². The maximum atomic E-state index is 14.1. The number of nitrogens with zero attached hydrogens (tertiary/aromatic N) is 2. The van der Waals surface area contributed by atoms with Crippen LogP contribution in [0.5, 0.6) is 0 Å². The number of hydrogen-bond donors (Lipinski definition) is 1. The molecular weight excluding hydrogens is 416 g/mol. The number of benzene rings is 3. The van der Waals surface area contributed by atoms with Crippen molar-refractivity contribution in [3.63, 3.8) is 0 Å². The highest BCUT2D eigenvalue weighted by atomic mass is 35.5. The molecule has 5 aromatic rings. The van der Waals surface area contributed by atoms with Gasteiger partial charge in [-0.25, -0.2) is 13.8 Å². The van der Waals surface area contributed by atoms with Crippen molar-refractivity contribution >= 4 is 22.5 Å². The largest absolute Gasteiger partial charge is 0.360 e. The summed E-state index contributed by atoms with van der Waals surface area (Å²) in [6.45, 7) is 2.07. The molecular formula is C25H18ClF2N3. The lowest BCUT2D eigenvalue weighted by atomic mass is 10.0. The number of nitrogens with one attached hydrogen (secondary N) is 1. The summed E-state index contributed by atoms with van der Waals surface area (Å²) in [6.07, 6.45) is 3.56. The van der Waals surface area contributed by atoms with Gasteiger partial charge in [0.15, 0.2) is 11.6 Å². The normalized spacial score (nSPS) is 12.4. The van der Waals surface area contributed by atoms with E-state index in [1.165, 1.54) is 12.1 Å². The number of rotatable bonds is 4. The predicted octanol–water partition coefficient (Wildman–Crippen LogP) is 7.24. The summed E-state index contributed by atoms with van der Waals surface area (Å²) in [5.41, 5.74) is 4.88. The van der Waals surface area contributed by atoms with Crippen molar-refractivity contribution in [3.05, 3.63) is 101 Å². The van der Waals surface area contributed by atoms with Crippen molar-refractivity contribution in [1.29, 1.82) is 0 Å². The molecule has 0 aliphatic carbocycles. The first-order valence-electron chi connectivity index (χ1n) is 9.87. The van der Waals surface area contributed by atoms with Crippen molar-refractivity contribution in [2.24, 2.45) is 0 Å². The van der Waals surface area contributed by atoms with Crippen LogP contribution in [0.4, 0.5) is 8.78 Å². The van der Waals surface area contributed by atoms with E-state index >= 15 is 0 Å². The number of imidazole rings is 1. The van der Waals surface area contributed by atoms with Crippen LogP contribution in [0.2, 0.25) is 5.02 Å². The topological polar surface area (TPSA) is 33.6 Å². The zero-order valence-electron chi connectivity index (χ0n) is 16.6. The molecule has 154 valence electrons. The second-order valence-electron chi connectivity index (χ2n) is 7.46. The van der Waals surface area contributed by atoms with E-state index in [0.29, 0.717) is 15.9 Å². The first-order valence-corrected chi connectivity index (χ1v) is 10.2. The summed E-state index contributed by atoms with van der Waals surface area (Å²) in [5.74, 6) is -1.77. The molecule has 1 atom stereocenters. The molecule has 0 amide bonds. The Kier molecular flexibility index (Phi) is 4.83. The van der Waals surface area contributed by atoms with E-state index in [1.807, 2.05) is 54.6 Å². The smallest absolute Gasteiger partial charge is 0.160 e. The lowest BCUT2D eigenvalue weighted by Gasteiger charge is -2.18. The minimum Gasteiger partial charge on any atom is -0.360 e. The summed E-state index contributed by atoms with van der Waals surface area (Å²) in [7, 11) is 0. The van der Waals surface area contributed by atoms with Gasteiger partial charge in [0.25, 0.3) is 0 Å². The number of H-pyrrole nitrogens is 1. The summed E-state index contributed by atoms with van der Waals surface area (Å²) in [4.78, 5) is 7.78. The van der Waals surface area contributed by atoms with E-state index in [4.69, 9.17) is 16.6 Å². The van der Waals surface area contributed by atoms with Gasteiger partial charge in [0, 0.05) is 39.3 Å². The zero-order valence-corrected chi connectivity index (χ0v) is 17.4. The maximum Gasteiger partial charge on any atom is 0.160 e. The lowest BCUT2D eigenvalue weighted by Crippen LogP contribution is -2.07. The summed E-state index contributed by atoms with van der Waals surface area (Å²) in [6, 6.07) is 19.8. The highest BCUT2D eigenvalue weighted by Crippen LogP contribution is 2.38. The van der Waals surface area contributed by atoms with Crippen LogP contribution in [-0.2, 0) is 0 Å².